The van der Waals surface area contributed by atoms with Gasteiger partial charge < -0.3 is 5.32 Å². The van der Waals surface area contributed by atoms with Crippen LogP contribution >= 0.6 is 0 Å². The van der Waals surface area contributed by atoms with E-state index < -0.39 is 0 Å². The Balaban J connectivity index is 1.65. The number of nitrogens with zero attached hydrogens (tertiary/aromatic N) is 5. The third kappa shape index (κ3) is 3.42. The summed E-state index contributed by atoms with van der Waals surface area (Å²) in [5.74, 6) is -0.256. The molecule has 8 nitrogen and oxygen atoms in total. The van der Waals surface area contributed by atoms with Gasteiger partial charge in [-0.1, -0.05) is 30.3 Å². The maximum absolute atomic E-state index is 12.1. The van der Waals surface area contributed by atoms with Gasteiger partial charge in [0.15, 0.2) is 5.69 Å². The van der Waals surface area contributed by atoms with Crippen LogP contribution in [0, 0.1) is 0 Å². The Kier molecular flexibility index (Phi) is 4.41. The zero-order valence-corrected chi connectivity index (χ0v) is 12.7. The fraction of sp³-hybridized carbons (Fsp3) is 0.267. The Labute approximate surface area is 132 Å². The summed E-state index contributed by atoms with van der Waals surface area (Å²) in [6.07, 6.45) is 4.76. The largest absolute Gasteiger partial charge is 0.350 e. The molecule has 0 radical (unpaired) electrons. The second kappa shape index (κ2) is 6.82. The average Bonchev–Trinajstić information content (AvgIpc) is 3.26. The summed E-state index contributed by atoms with van der Waals surface area (Å²) in [4.78, 5) is 12.1. The Morgan fingerprint density at radius 3 is 3.00 bits per heavy atom. The molecule has 0 bridgehead atoms. The molecule has 3 rings (SSSR count). The number of rotatable bonds is 6. The smallest absolute Gasteiger partial charge is 0.273 e. The van der Waals surface area contributed by atoms with Crippen molar-refractivity contribution in [3.05, 3.63) is 53.6 Å². The number of benzene rings is 1. The third-order valence-corrected chi connectivity index (χ3v) is 3.48. The van der Waals surface area contributed by atoms with Crippen molar-refractivity contribution in [2.24, 2.45) is 0 Å². The summed E-state index contributed by atoms with van der Waals surface area (Å²) in [6.45, 7) is 2.54. The number of nitrogens with one attached hydrogen (secondary N) is 2. The van der Waals surface area contributed by atoms with E-state index in [0.29, 0.717) is 13.0 Å². The molecular formula is C15H17N7O. The van der Waals surface area contributed by atoms with Gasteiger partial charge in [-0.15, -0.1) is 5.10 Å². The minimum atomic E-state index is -0.256. The molecule has 1 aromatic carbocycles. The van der Waals surface area contributed by atoms with E-state index in [-0.39, 0.29) is 11.6 Å². The molecule has 23 heavy (non-hydrogen) atoms. The first-order valence-corrected chi connectivity index (χ1v) is 7.41. The van der Waals surface area contributed by atoms with Crippen LogP contribution in [0.4, 0.5) is 0 Å². The van der Waals surface area contributed by atoms with Crippen LogP contribution in [0.15, 0.2) is 36.7 Å². The molecule has 0 aliphatic rings. The van der Waals surface area contributed by atoms with Gasteiger partial charge in [-0.2, -0.15) is 15.4 Å². The van der Waals surface area contributed by atoms with Gasteiger partial charge in [-0.05, 0) is 18.1 Å². The van der Waals surface area contributed by atoms with E-state index in [0.717, 1.165) is 23.4 Å². The molecule has 0 saturated heterocycles. The number of aromatic nitrogens is 6. The van der Waals surface area contributed by atoms with Gasteiger partial charge in [0.25, 0.3) is 5.91 Å². The van der Waals surface area contributed by atoms with Crippen molar-refractivity contribution >= 4 is 5.91 Å². The van der Waals surface area contributed by atoms with Crippen LogP contribution in [-0.2, 0) is 12.8 Å². The number of aromatic amines is 1. The first-order chi connectivity index (χ1) is 11.3. The van der Waals surface area contributed by atoms with Gasteiger partial charge in [0.2, 0.25) is 0 Å². The number of H-pyrrole nitrogens is 1. The fourth-order valence-electron chi connectivity index (χ4n) is 2.26. The molecule has 0 spiro atoms. The highest BCUT2D eigenvalue weighted by Crippen LogP contribution is 2.14. The van der Waals surface area contributed by atoms with Gasteiger partial charge >= 0.3 is 0 Å². The average molecular weight is 311 g/mol. The molecule has 8 heteroatoms. The molecule has 0 fully saturated rings. The van der Waals surface area contributed by atoms with Crippen LogP contribution in [-0.4, -0.2) is 42.9 Å². The predicted molar refractivity (Wildman–Crippen MR) is 83.2 cm³/mol. The van der Waals surface area contributed by atoms with E-state index in [1.807, 2.05) is 24.3 Å². The van der Waals surface area contributed by atoms with E-state index in [9.17, 15) is 4.79 Å². The van der Waals surface area contributed by atoms with Crippen LogP contribution in [0.1, 0.15) is 28.7 Å². The standard InChI is InChI=1S/C15H17N7O/c1-2-11-5-3-4-6-14(11)22-10-13(19-21-22)15(23)16-8-7-12-9-17-20-18-12/h3-6,9-10H,2,7-8H2,1H3,(H,16,23)(H,17,18,20). The SMILES string of the molecule is CCc1ccccc1-n1cc(C(=O)NCCc2cn[nH]n2)nn1. The van der Waals surface area contributed by atoms with Crippen LogP contribution in [0.2, 0.25) is 0 Å². The zero-order chi connectivity index (χ0) is 16.1. The molecule has 0 saturated carbocycles. The Hall–Kier alpha value is -3.03. The van der Waals surface area contributed by atoms with Crippen molar-refractivity contribution < 1.29 is 4.79 Å². The lowest BCUT2D eigenvalue weighted by atomic mass is 10.1. The third-order valence-electron chi connectivity index (χ3n) is 3.48. The van der Waals surface area contributed by atoms with Gasteiger partial charge in [-0.3, -0.25) is 4.79 Å². The van der Waals surface area contributed by atoms with Crippen molar-refractivity contribution in [2.45, 2.75) is 19.8 Å². The Morgan fingerprint density at radius 1 is 1.35 bits per heavy atom. The molecule has 2 aromatic heterocycles. The second-order valence-electron chi connectivity index (χ2n) is 5.00. The normalized spacial score (nSPS) is 10.7. The van der Waals surface area contributed by atoms with Gasteiger partial charge in [0.05, 0.1) is 23.8 Å². The molecule has 2 heterocycles. The lowest BCUT2D eigenvalue weighted by Crippen LogP contribution is -2.26. The van der Waals surface area contributed by atoms with Crippen LogP contribution in [0.5, 0.6) is 0 Å². The first kappa shape index (κ1) is 14.9. The minimum Gasteiger partial charge on any atom is -0.350 e. The molecule has 0 unspecified atom stereocenters. The van der Waals surface area contributed by atoms with Gasteiger partial charge in [0.1, 0.15) is 0 Å². The topological polar surface area (TPSA) is 101 Å². The van der Waals surface area contributed by atoms with Crippen molar-refractivity contribution in [2.75, 3.05) is 6.54 Å². The number of aryl methyl sites for hydroxylation is 1. The van der Waals surface area contributed by atoms with Crippen LogP contribution in [0.3, 0.4) is 0 Å². The summed E-state index contributed by atoms with van der Waals surface area (Å²) in [5, 5.41) is 21.0. The number of carbonyl (C=O) groups excluding carboxylic acids is 1. The van der Waals surface area contributed by atoms with Crippen molar-refractivity contribution in [1.82, 2.24) is 35.7 Å². The van der Waals surface area contributed by atoms with E-state index >= 15 is 0 Å². The summed E-state index contributed by atoms with van der Waals surface area (Å²) < 4.78 is 1.63. The van der Waals surface area contributed by atoms with E-state index in [2.05, 4.69) is 38.0 Å². The molecule has 3 aromatic rings. The summed E-state index contributed by atoms with van der Waals surface area (Å²) in [7, 11) is 0. The Bertz CT molecular complexity index is 779. The summed E-state index contributed by atoms with van der Waals surface area (Å²) in [6, 6.07) is 7.92. The quantitative estimate of drug-likeness (QED) is 0.705. The Morgan fingerprint density at radius 2 is 2.22 bits per heavy atom. The molecule has 118 valence electrons. The highest BCUT2D eigenvalue weighted by Gasteiger charge is 2.12. The molecule has 0 aliphatic carbocycles. The van der Waals surface area contributed by atoms with Gasteiger partial charge in [-0.25, -0.2) is 4.68 Å². The highest BCUT2D eigenvalue weighted by molar-refractivity contribution is 5.91. The summed E-state index contributed by atoms with van der Waals surface area (Å²) >= 11 is 0. The number of carbonyl (C=O) groups is 1. The lowest BCUT2D eigenvalue weighted by Gasteiger charge is -2.05. The zero-order valence-electron chi connectivity index (χ0n) is 12.7. The van der Waals surface area contributed by atoms with Crippen molar-refractivity contribution in [1.29, 1.82) is 0 Å². The molecular weight excluding hydrogens is 294 g/mol. The minimum absolute atomic E-state index is 0.256. The number of para-hydroxylation sites is 1. The second-order valence-corrected chi connectivity index (χ2v) is 5.00. The molecule has 1 amide bonds. The van der Waals surface area contributed by atoms with E-state index in [1.165, 1.54) is 0 Å². The lowest BCUT2D eigenvalue weighted by molar-refractivity contribution is 0.0949. The molecule has 0 atom stereocenters. The van der Waals surface area contributed by atoms with Gasteiger partial charge in [0, 0.05) is 13.0 Å². The van der Waals surface area contributed by atoms with Crippen LogP contribution in [0.25, 0.3) is 5.69 Å². The van der Waals surface area contributed by atoms with Crippen LogP contribution < -0.4 is 5.32 Å². The highest BCUT2D eigenvalue weighted by atomic mass is 16.2. The van der Waals surface area contributed by atoms with Crippen molar-refractivity contribution in [3.63, 3.8) is 0 Å². The van der Waals surface area contributed by atoms with E-state index in [1.54, 1.807) is 17.1 Å². The number of hydrogen-bond acceptors (Lipinski definition) is 5. The maximum Gasteiger partial charge on any atom is 0.273 e. The van der Waals surface area contributed by atoms with Crippen molar-refractivity contribution in [3.8, 4) is 5.69 Å². The van der Waals surface area contributed by atoms with E-state index in [4.69, 9.17) is 0 Å². The number of amides is 1. The molecule has 0 aliphatic heterocycles. The monoisotopic (exact) mass is 311 g/mol. The molecule has 2 N–H and O–H groups in total. The summed E-state index contributed by atoms with van der Waals surface area (Å²) in [5.41, 5.74) is 3.17. The predicted octanol–water partition coefficient (Wildman–Crippen LogP) is 0.920. The number of hydrogen-bond donors (Lipinski definition) is 2. The fourth-order valence-corrected chi connectivity index (χ4v) is 2.26. The first-order valence-electron chi connectivity index (χ1n) is 7.41. The maximum atomic E-state index is 12.1.